The van der Waals surface area contributed by atoms with E-state index in [2.05, 4.69) is 15.0 Å². The lowest BCUT2D eigenvalue weighted by Gasteiger charge is -2.10. The van der Waals surface area contributed by atoms with E-state index in [9.17, 15) is 4.79 Å². The van der Waals surface area contributed by atoms with Gasteiger partial charge < -0.3 is 14.4 Å². The van der Waals surface area contributed by atoms with E-state index in [-0.39, 0.29) is 5.97 Å². The quantitative estimate of drug-likeness (QED) is 0.418. The molecule has 0 amide bonds. The summed E-state index contributed by atoms with van der Waals surface area (Å²) in [4.78, 5) is 21.3. The van der Waals surface area contributed by atoms with Gasteiger partial charge in [0, 0.05) is 12.0 Å². The van der Waals surface area contributed by atoms with Crippen LogP contribution in [0.15, 0.2) is 52.8 Å². The van der Waals surface area contributed by atoms with Crippen LogP contribution in [0.4, 0.5) is 0 Å². The summed E-state index contributed by atoms with van der Waals surface area (Å²) in [6, 6.07) is 14.1. The van der Waals surface area contributed by atoms with Crippen molar-refractivity contribution in [1.29, 1.82) is 0 Å². The highest BCUT2D eigenvalue weighted by Gasteiger charge is 2.15. The number of methoxy groups -OCH3 is 1. The molecular weight excluding hydrogens is 320 g/mol. The third kappa shape index (κ3) is 5.04. The molecule has 0 N–H and O–H groups in total. The summed E-state index contributed by atoms with van der Waals surface area (Å²) in [7, 11) is 4.34. The molecule has 0 bridgehead atoms. The van der Waals surface area contributed by atoms with Crippen LogP contribution in [0, 0.1) is 0 Å². The number of hydrogen-bond donors (Lipinski definition) is 0. The van der Waals surface area contributed by atoms with Crippen molar-refractivity contribution >= 4 is 28.2 Å². The molecule has 0 aliphatic rings. The molecule has 0 atom stereocenters. The molecule has 0 radical (unpaired) electrons. The summed E-state index contributed by atoms with van der Waals surface area (Å²) in [6.45, 7) is 0. The van der Waals surface area contributed by atoms with Gasteiger partial charge in [-0.05, 0) is 29.7 Å². The maximum atomic E-state index is 11.3. The Morgan fingerprint density at radius 2 is 1.64 bits per heavy atom. The van der Waals surface area contributed by atoms with E-state index in [1.165, 1.54) is 21.3 Å². The largest absolute Gasteiger partial charge is 0.469 e. The van der Waals surface area contributed by atoms with Crippen molar-refractivity contribution in [2.75, 3.05) is 21.3 Å². The molecule has 0 unspecified atom stereocenters. The van der Waals surface area contributed by atoms with Gasteiger partial charge in [0.15, 0.2) is 0 Å². The highest BCUT2D eigenvalue weighted by Crippen LogP contribution is 2.18. The average molecular weight is 342 g/mol. The number of fused-ring (bicyclic) bond motifs is 1. The predicted octanol–water partition coefficient (Wildman–Crippen LogP) is 3.54. The Balaban J connectivity index is 2.30. The first-order chi connectivity index (χ1) is 12.2. The molecule has 132 valence electrons. The number of oxime groups is 2. The summed E-state index contributed by atoms with van der Waals surface area (Å²) >= 11 is 0. The summed E-state index contributed by atoms with van der Waals surface area (Å²) < 4.78 is 4.67. The van der Waals surface area contributed by atoms with Crippen LogP contribution in [-0.4, -0.2) is 38.7 Å². The van der Waals surface area contributed by atoms with Gasteiger partial charge in [-0.15, -0.1) is 0 Å². The number of esters is 1. The number of nitrogens with zero attached hydrogens (tertiary/aromatic N) is 2. The number of carbonyl (C=O) groups excluding carboxylic acids is 1. The minimum atomic E-state index is -0.257. The monoisotopic (exact) mass is 342 g/mol. The van der Waals surface area contributed by atoms with E-state index < -0.39 is 0 Å². The number of rotatable bonds is 8. The molecule has 2 aromatic carbocycles. The Hall–Kier alpha value is -2.89. The Kier molecular flexibility index (Phi) is 6.95. The lowest BCUT2D eigenvalue weighted by atomic mass is 9.99. The topological polar surface area (TPSA) is 69.5 Å². The molecule has 6 nitrogen and oxygen atoms in total. The van der Waals surface area contributed by atoms with Crippen LogP contribution in [-0.2, 0) is 19.2 Å². The van der Waals surface area contributed by atoms with Gasteiger partial charge in [-0.3, -0.25) is 4.79 Å². The van der Waals surface area contributed by atoms with Crippen molar-refractivity contribution in [3.63, 3.8) is 0 Å². The van der Waals surface area contributed by atoms with Crippen molar-refractivity contribution in [2.45, 2.75) is 19.3 Å². The Labute approximate surface area is 147 Å². The first-order valence-electron chi connectivity index (χ1n) is 7.97. The number of ether oxygens (including phenoxy) is 1. The van der Waals surface area contributed by atoms with Crippen LogP contribution >= 0.6 is 0 Å². The predicted molar refractivity (Wildman–Crippen MR) is 97.8 cm³/mol. The minimum absolute atomic E-state index is 0.257. The Morgan fingerprint density at radius 1 is 0.920 bits per heavy atom. The van der Waals surface area contributed by atoms with Crippen LogP contribution in [0.25, 0.3) is 10.8 Å². The van der Waals surface area contributed by atoms with Crippen LogP contribution < -0.4 is 0 Å². The molecule has 0 saturated heterocycles. The van der Waals surface area contributed by atoms with Gasteiger partial charge in [-0.25, -0.2) is 0 Å². The molecule has 2 aromatic rings. The molecule has 0 heterocycles. The van der Waals surface area contributed by atoms with Gasteiger partial charge in [-0.1, -0.05) is 46.7 Å². The Bertz CT molecular complexity index is 784. The van der Waals surface area contributed by atoms with Gasteiger partial charge in [0.1, 0.15) is 25.6 Å². The zero-order valence-electron chi connectivity index (χ0n) is 14.7. The number of benzene rings is 2. The first-order valence-corrected chi connectivity index (χ1v) is 7.97. The summed E-state index contributed by atoms with van der Waals surface area (Å²) in [5.41, 5.74) is 2.07. The summed E-state index contributed by atoms with van der Waals surface area (Å²) in [5.74, 6) is -0.257. The molecule has 0 saturated carbocycles. The van der Waals surface area contributed by atoms with Crippen molar-refractivity contribution in [2.24, 2.45) is 10.3 Å². The third-order valence-electron chi connectivity index (χ3n) is 3.70. The normalized spacial score (nSPS) is 12.1. The van der Waals surface area contributed by atoms with Gasteiger partial charge >= 0.3 is 5.97 Å². The van der Waals surface area contributed by atoms with Crippen molar-refractivity contribution in [3.05, 3.63) is 48.0 Å². The summed E-state index contributed by atoms with van der Waals surface area (Å²) in [5, 5.41) is 10.4. The molecular formula is C19H22N2O4. The second-order valence-electron chi connectivity index (χ2n) is 5.33. The van der Waals surface area contributed by atoms with Crippen LogP contribution in [0.3, 0.4) is 0 Å². The zero-order chi connectivity index (χ0) is 18.1. The van der Waals surface area contributed by atoms with Crippen LogP contribution in [0.1, 0.15) is 24.8 Å². The van der Waals surface area contributed by atoms with Crippen LogP contribution in [0.5, 0.6) is 0 Å². The van der Waals surface area contributed by atoms with Crippen molar-refractivity contribution in [1.82, 2.24) is 0 Å². The average Bonchev–Trinajstić information content (AvgIpc) is 2.65. The fourth-order valence-electron chi connectivity index (χ4n) is 2.52. The van der Waals surface area contributed by atoms with Gasteiger partial charge in [0.05, 0.1) is 7.11 Å². The second kappa shape index (κ2) is 9.42. The van der Waals surface area contributed by atoms with Gasteiger partial charge in [0.25, 0.3) is 0 Å². The number of carbonyl (C=O) groups is 1. The smallest absolute Gasteiger partial charge is 0.305 e. The maximum Gasteiger partial charge on any atom is 0.305 e. The molecule has 25 heavy (non-hydrogen) atoms. The second-order valence-corrected chi connectivity index (χ2v) is 5.33. The standard InChI is InChI=1S/C19H22N2O4/c1-23-18(22)10-6-9-17(20-24-2)19(21-25-3)16-12-11-14-7-4-5-8-15(14)13-16/h4-5,7-8,11-13H,6,9-10H2,1-3H3/b20-17+,21-19+. The molecule has 0 aliphatic heterocycles. The van der Waals surface area contributed by atoms with E-state index in [0.717, 1.165) is 16.3 Å². The van der Waals surface area contributed by atoms with E-state index in [1.54, 1.807) is 0 Å². The lowest BCUT2D eigenvalue weighted by molar-refractivity contribution is -0.140. The molecule has 0 aromatic heterocycles. The SMILES string of the molecule is CO/N=C(CCCC(=O)OC)/C(=N/OC)c1ccc2ccccc2c1. The first kappa shape index (κ1) is 18.4. The van der Waals surface area contributed by atoms with Gasteiger partial charge in [0.2, 0.25) is 0 Å². The fraction of sp³-hybridized carbons (Fsp3) is 0.316. The molecule has 2 rings (SSSR count). The highest BCUT2D eigenvalue weighted by atomic mass is 16.6. The zero-order valence-corrected chi connectivity index (χ0v) is 14.7. The van der Waals surface area contributed by atoms with Crippen molar-refractivity contribution in [3.8, 4) is 0 Å². The highest BCUT2D eigenvalue weighted by molar-refractivity contribution is 6.48. The van der Waals surface area contributed by atoms with E-state index in [1.807, 2.05) is 42.5 Å². The third-order valence-corrected chi connectivity index (χ3v) is 3.70. The fourth-order valence-corrected chi connectivity index (χ4v) is 2.52. The lowest BCUT2D eigenvalue weighted by Crippen LogP contribution is -2.17. The molecule has 6 heteroatoms. The van der Waals surface area contributed by atoms with Crippen LogP contribution in [0.2, 0.25) is 0 Å². The van der Waals surface area contributed by atoms with E-state index in [0.29, 0.717) is 30.7 Å². The van der Waals surface area contributed by atoms with Crippen molar-refractivity contribution < 1.29 is 19.2 Å². The Morgan fingerprint density at radius 3 is 2.32 bits per heavy atom. The van der Waals surface area contributed by atoms with E-state index in [4.69, 9.17) is 9.68 Å². The maximum absolute atomic E-state index is 11.3. The number of hydrogen-bond acceptors (Lipinski definition) is 6. The van der Waals surface area contributed by atoms with Gasteiger partial charge in [-0.2, -0.15) is 0 Å². The summed E-state index contributed by atoms with van der Waals surface area (Å²) in [6.07, 6.45) is 1.39. The molecule has 0 fully saturated rings. The molecule has 0 spiro atoms. The minimum Gasteiger partial charge on any atom is -0.469 e. The van der Waals surface area contributed by atoms with E-state index >= 15 is 0 Å². The molecule has 0 aliphatic carbocycles.